The maximum absolute atomic E-state index is 2.75. The molecular weight excluding hydrogens is 1700 g/mol. The molecule has 0 saturated heterocycles. The van der Waals surface area contributed by atoms with E-state index in [-0.39, 0.29) is 41.8 Å². The summed E-state index contributed by atoms with van der Waals surface area (Å²) in [5.74, 6) is 3.92. The number of para-hydroxylation sites is 7. The van der Waals surface area contributed by atoms with E-state index in [2.05, 4.69) is 464 Å². The van der Waals surface area contributed by atoms with Crippen molar-refractivity contribution < 1.29 is 0 Å². The van der Waals surface area contributed by atoms with Crippen LogP contribution in [0.25, 0.3) is 10.8 Å². The Balaban J connectivity index is 0.000000114. The summed E-state index contributed by atoms with van der Waals surface area (Å²) in [4.78, 5) is 15.4. The first-order valence-electron chi connectivity index (χ1n) is 53.3. The lowest BCUT2D eigenvalue weighted by molar-refractivity contribution is -0.00515. The summed E-state index contributed by atoms with van der Waals surface area (Å²) in [5.41, 5.74) is 46.3. The highest BCUT2D eigenvalue weighted by Crippen LogP contribution is 2.62. The van der Waals surface area contributed by atoms with Crippen molar-refractivity contribution in [3.05, 3.63) is 391 Å². The number of nitrogens with zero attached hydrogens (tertiary/aromatic N) is 6. The highest BCUT2D eigenvalue weighted by molar-refractivity contribution is 7.02. The van der Waals surface area contributed by atoms with Crippen molar-refractivity contribution in [2.45, 2.75) is 225 Å². The summed E-state index contributed by atoms with van der Waals surface area (Å²) in [5, 5.41) is 2.59. The number of fused-ring (bicyclic) bond motifs is 14. The van der Waals surface area contributed by atoms with Gasteiger partial charge < -0.3 is 29.4 Å². The van der Waals surface area contributed by atoms with E-state index in [1.807, 2.05) is 0 Å². The minimum absolute atomic E-state index is 0.00789. The summed E-state index contributed by atoms with van der Waals surface area (Å²) in [6.07, 6.45) is 21.7. The van der Waals surface area contributed by atoms with Crippen LogP contribution in [0.1, 0.15) is 237 Å². The first-order chi connectivity index (χ1) is 68.4. The third-order valence-corrected chi connectivity index (χ3v) is 34.4. The van der Waals surface area contributed by atoms with Crippen LogP contribution >= 0.6 is 0 Å². The molecule has 141 heavy (non-hydrogen) atoms. The molecule has 28 rings (SSSR count). The molecule has 9 heteroatoms. The predicted octanol–water partition coefficient (Wildman–Crippen LogP) is 30.2. The quantitative estimate of drug-likeness (QED) is 0.133. The third kappa shape index (κ3) is 15.3. The van der Waals surface area contributed by atoms with Crippen molar-refractivity contribution in [3.8, 4) is 0 Å². The highest BCUT2D eigenvalue weighted by atomic mass is 15.2. The van der Waals surface area contributed by atoms with Crippen molar-refractivity contribution >= 4 is 182 Å². The molecule has 6 nitrogen and oxygen atoms in total. The van der Waals surface area contributed by atoms with Crippen LogP contribution in [-0.2, 0) is 27.1 Å². The summed E-state index contributed by atoms with van der Waals surface area (Å²) in [6, 6.07) is 134. The summed E-state index contributed by atoms with van der Waals surface area (Å²) < 4.78 is 0. The lowest BCUT2D eigenvalue weighted by Crippen LogP contribution is -2.62. The molecule has 16 aromatic carbocycles. The second-order valence-electron chi connectivity index (χ2n) is 47.4. The molecule has 0 N–H and O–H groups in total. The molecule has 6 fully saturated rings. The monoisotopic (exact) mass is 1830 g/mol. The molecule has 0 atom stereocenters. The van der Waals surface area contributed by atoms with Gasteiger partial charge in [0.05, 0.1) is 0 Å². The van der Waals surface area contributed by atoms with Gasteiger partial charge in [-0.3, -0.25) is 0 Å². The van der Waals surface area contributed by atoms with Crippen molar-refractivity contribution in [1.29, 1.82) is 0 Å². The Morgan fingerprint density at radius 3 is 1.03 bits per heavy atom. The predicted molar refractivity (Wildman–Crippen MR) is 605 cm³/mol. The van der Waals surface area contributed by atoms with Gasteiger partial charge in [-0.25, -0.2) is 0 Å². The number of benzene rings is 16. The van der Waals surface area contributed by atoms with E-state index in [4.69, 9.17) is 0 Å². The van der Waals surface area contributed by atoms with Gasteiger partial charge in [-0.1, -0.05) is 334 Å². The number of hydrogen-bond acceptors (Lipinski definition) is 6. The molecule has 698 valence electrons. The molecule has 4 bridgehead atoms. The van der Waals surface area contributed by atoms with Crippen LogP contribution in [-0.4, -0.2) is 20.1 Å². The van der Waals surface area contributed by atoms with Gasteiger partial charge in [0.25, 0.3) is 20.1 Å². The molecule has 0 spiro atoms. The van der Waals surface area contributed by atoms with Crippen molar-refractivity contribution in [2.75, 3.05) is 29.4 Å². The Labute approximate surface area is 839 Å². The number of anilines is 18. The summed E-state index contributed by atoms with van der Waals surface area (Å²) >= 11 is 0. The van der Waals surface area contributed by atoms with Gasteiger partial charge in [-0.15, -0.1) is 0 Å². The van der Waals surface area contributed by atoms with E-state index in [1.165, 1.54) is 298 Å². The Morgan fingerprint density at radius 2 is 0.574 bits per heavy atom. The molecule has 0 aromatic heterocycles. The van der Waals surface area contributed by atoms with E-state index >= 15 is 0 Å². The maximum Gasteiger partial charge on any atom is 0.252 e. The van der Waals surface area contributed by atoms with E-state index in [1.54, 1.807) is 5.56 Å². The smallest absolute Gasteiger partial charge is 0.252 e. The van der Waals surface area contributed by atoms with Gasteiger partial charge in [-0.05, 0) is 354 Å². The van der Waals surface area contributed by atoms with Gasteiger partial charge in [0.1, 0.15) is 0 Å². The second-order valence-corrected chi connectivity index (χ2v) is 47.4. The average Bonchev–Trinajstić information content (AvgIpc) is 0.699. The average molecular weight is 1830 g/mol. The fraction of sp³-hybridized carbons (Fsp3) is 0.288. The molecule has 0 unspecified atom stereocenters. The second kappa shape index (κ2) is 34.6. The van der Waals surface area contributed by atoms with Gasteiger partial charge in [0, 0.05) is 108 Å². The summed E-state index contributed by atoms with van der Waals surface area (Å²) in [7, 11) is 0. The topological polar surface area (TPSA) is 19.4 Å². The van der Waals surface area contributed by atoms with Crippen LogP contribution < -0.4 is 78.6 Å². The van der Waals surface area contributed by atoms with Crippen molar-refractivity contribution in [3.63, 3.8) is 0 Å². The van der Waals surface area contributed by atoms with Crippen molar-refractivity contribution in [1.82, 2.24) is 0 Å². The standard InChI is InChI=1S/C56H67BN2.C40H33BN2.C36H31BN2/c1-52(2,3)38-16-20-43(21-17-38)58-47-22-18-39(53(4,5)6)30-45(47)57-46-31-40(56-32-35-24-36(33-56)26-37(25-35)34-56)19-23-48(46)59(50-15-13-14-49(58)51(50)57)44-28-41(54(7,8)9)27-42(29-44)55(10,11)12;1-4-14-28(15-5-1)30-26-37-39-38(27-30)43(32-19-8-3-9-20-32)40-33-21-11-10-16-29(33)24-25-35(40)41(39)34-22-12-13-23-36(34)42(37)31-17-6-2-7-18-31;1-4-14-26(15-5-1)27-24-34-36-35(25-27)39(29-18-8-3-9-19-29)33-23-13-11-21-31(33)37(36)30-20-10-12-22-32(30)38(34)28-16-6-2-7-17-28/h13-23,27-31,35-37H,24-26,32-34H2,1-12H3;2-3,6-13,16-28H,1,4-5,14-15H2;2-3,6-13,16-26H,1,4-5,14-15H2. The Morgan fingerprint density at radius 1 is 0.234 bits per heavy atom. The van der Waals surface area contributed by atoms with Crippen molar-refractivity contribution in [2.24, 2.45) is 17.8 Å². The van der Waals surface area contributed by atoms with E-state index in [9.17, 15) is 0 Å². The van der Waals surface area contributed by atoms with Crippen LogP contribution in [0.5, 0.6) is 0 Å². The Kier molecular flexibility index (Phi) is 21.9. The third-order valence-electron chi connectivity index (χ3n) is 34.4. The number of hydrogen-bond donors (Lipinski definition) is 0. The zero-order chi connectivity index (χ0) is 95.7. The van der Waals surface area contributed by atoms with Gasteiger partial charge >= 0.3 is 0 Å². The first kappa shape index (κ1) is 89.1. The highest BCUT2D eigenvalue weighted by Gasteiger charge is 2.54. The minimum Gasteiger partial charge on any atom is -0.311 e. The molecule has 12 aliphatic rings. The van der Waals surface area contributed by atoms with Crippen LogP contribution in [0, 0.1) is 17.8 Å². The van der Waals surface area contributed by atoms with Crippen LogP contribution in [0.3, 0.4) is 0 Å². The molecule has 0 amide bonds. The van der Waals surface area contributed by atoms with Gasteiger partial charge in [-0.2, -0.15) is 0 Å². The van der Waals surface area contributed by atoms with Crippen LogP contribution in [0.15, 0.2) is 352 Å². The number of rotatable bonds is 9. The normalized spacial score (nSPS) is 19.0. The van der Waals surface area contributed by atoms with Crippen LogP contribution in [0.2, 0.25) is 0 Å². The molecular formula is C132H131B3N6. The summed E-state index contributed by atoms with van der Waals surface area (Å²) in [6.45, 7) is 28.7. The fourth-order valence-electron chi connectivity index (χ4n) is 27.9. The van der Waals surface area contributed by atoms with Gasteiger partial charge in [0.15, 0.2) is 0 Å². The molecule has 6 aliphatic heterocycles. The largest absolute Gasteiger partial charge is 0.311 e. The van der Waals surface area contributed by atoms with E-state index in [0.29, 0.717) is 17.3 Å². The fourth-order valence-corrected chi connectivity index (χ4v) is 27.9. The zero-order valence-electron chi connectivity index (χ0n) is 84.6. The zero-order valence-corrected chi connectivity index (χ0v) is 84.6. The Bertz CT molecular complexity index is 7330. The molecule has 0 radical (unpaired) electrons. The Hall–Kier alpha value is -13.2. The van der Waals surface area contributed by atoms with E-state index in [0.717, 1.165) is 17.8 Å². The van der Waals surface area contributed by atoms with Gasteiger partial charge in [0.2, 0.25) is 0 Å². The lowest BCUT2D eigenvalue weighted by Gasteiger charge is -2.57. The molecule has 6 aliphatic carbocycles. The molecule has 16 aromatic rings. The maximum atomic E-state index is 2.75. The molecule has 6 heterocycles. The SMILES string of the molecule is CC(C)(C)c1ccc(N2c3ccc(C(C)(C)C)cc3B3c4cc(C56CC7CC(CC(C7)C5)C6)ccc4N(c4cc(C(C)(C)C)cc(C(C)(C)C)c4)c4cccc2c43)cc1.c1ccc(N2c3ccccc3B3c4ccc5ccccc5c4N(c4ccccc4)c4cc(C5CCCCC5)cc2c43)cc1.c1ccc(N2c3ccccc3B3c4ccccc4N(c4ccccc4)c4cc(C5CCCCC5)cc2c43)cc1. The molecule has 6 saturated carbocycles. The van der Waals surface area contributed by atoms with E-state index < -0.39 is 0 Å². The minimum atomic E-state index is 0.00789. The lowest BCUT2D eigenvalue weighted by atomic mass is 9.33. The first-order valence-corrected chi connectivity index (χ1v) is 53.3. The van der Waals surface area contributed by atoms with Crippen LogP contribution in [0.4, 0.5) is 102 Å².